The molecule has 5 heteroatoms. The zero-order chi connectivity index (χ0) is 14.1. The van der Waals surface area contributed by atoms with Crippen molar-refractivity contribution in [3.05, 3.63) is 29.6 Å². The van der Waals surface area contributed by atoms with Gasteiger partial charge in [-0.1, -0.05) is 6.07 Å². The molecule has 0 saturated carbocycles. The van der Waals surface area contributed by atoms with Crippen molar-refractivity contribution in [3.8, 4) is 0 Å². The molecule has 2 aliphatic rings. The van der Waals surface area contributed by atoms with E-state index < -0.39 is 0 Å². The molecule has 0 spiro atoms. The fraction of sp³-hybridized carbons (Fsp3) is 0.533. The van der Waals surface area contributed by atoms with Crippen molar-refractivity contribution in [1.82, 2.24) is 15.2 Å². The first-order valence-corrected chi connectivity index (χ1v) is 7.16. The van der Waals surface area contributed by atoms with Crippen molar-refractivity contribution >= 4 is 11.8 Å². The van der Waals surface area contributed by atoms with Crippen molar-refractivity contribution in [3.63, 3.8) is 0 Å². The number of aromatic nitrogens is 1. The Labute approximate surface area is 118 Å². The van der Waals surface area contributed by atoms with Crippen LogP contribution in [0.5, 0.6) is 0 Å². The first kappa shape index (κ1) is 13.1. The van der Waals surface area contributed by atoms with Crippen LogP contribution in [0.2, 0.25) is 0 Å². The van der Waals surface area contributed by atoms with E-state index in [2.05, 4.69) is 10.3 Å². The number of hydrogen-bond acceptors (Lipinski definition) is 3. The highest BCUT2D eigenvalue weighted by molar-refractivity contribution is 5.92. The predicted octanol–water partition coefficient (Wildman–Crippen LogP) is 1.13. The maximum absolute atomic E-state index is 12.5. The third-order valence-electron chi connectivity index (χ3n) is 4.16. The third-order valence-corrected chi connectivity index (χ3v) is 4.16. The molecule has 3 heterocycles. The molecule has 2 atom stereocenters. The van der Waals surface area contributed by atoms with Crippen LogP contribution in [0.15, 0.2) is 18.2 Å². The molecular formula is C15H19N3O2. The Bertz CT molecular complexity index is 544. The van der Waals surface area contributed by atoms with Gasteiger partial charge in [-0.15, -0.1) is 0 Å². The van der Waals surface area contributed by atoms with Crippen LogP contribution >= 0.6 is 0 Å². The van der Waals surface area contributed by atoms with E-state index in [1.54, 1.807) is 6.07 Å². The number of likely N-dealkylation sites (tertiary alicyclic amines) is 1. The minimum Gasteiger partial charge on any atom is -0.351 e. The first-order chi connectivity index (χ1) is 9.63. The lowest BCUT2D eigenvalue weighted by Gasteiger charge is -2.16. The second kappa shape index (κ2) is 5.23. The average Bonchev–Trinajstić information content (AvgIpc) is 2.73. The molecule has 0 radical (unpaired) electrons. The number of aryl methyl sites for hydroxylation is 1. The lowest BCUT2D eigenvalue weighted by atomic mass is 9.99. The maximum atomic E-state index is 12.5. The quantitative estimate of drug-likeness (QED) is 0.834. The molecular weight excluding hydrogens is 254 g/mol. The van der Waals surface area contributed by atoms with Gasteiger partial charge in [0.1, 0.15) is 5.69 Å². The number of pyridine rings is 1. The number of hydrogen-bond donors (Lipinski definition) is 1. The SMILES string of the molecule is Cc1cccc(C(=O)N2C[C@H]3CCCC(=O)N[C@H]3C2)n1. The maximum Gasteiger partial charge on any atom is 0.272 e. The van der Waals surface area contributed by atoms with Gasteiger partial charge >= 0.3 is 0 Å². The molecule has 20 heavy (non-hydrogen) atoms. The van der Waals surface area contributed by atoms with Gasteiger partial charge in [-0.2, -0.15) is 0 Å². The smallest absolute Gasteiger partial charge is 0.272 e. The Morgan fingerprint density at radius 1 is 1.40 bits per heavy atom. The molecule has 1 aromatic heterocycles. The highest BCUT2D eigenvalue weighted by Gasteiger charge is 2.37. The van der Waals surface area contributed by atoms with Crippen molar-refractivity contribution in [2.45, 2.75) is 32.2 Å². The van der Waals surface area contributed by atoms with Crippen LogP contribution < -0.4 is 5.32 Å². The Hall–Kier alpha value is -1.91. The number of carbonyl (C=O) groups is 2. The molecule has 2 amide bonds. The summed E-state index contributed by atoms with van der Waals surface area (Å²) < 4.78 is 0. The minimum absolute atomic E-state index is 0.0315. The molecule has 2 fully saturated rings. The van der Waals surface area contributed by atoms with Gasteiger partial charge in [0.25, 0.3) is 5.91 Å². The van der Waals surface area contributed by atoms with Crippen LogP contribution in [0.25, 0.3) is 0 Å². The van der Waals surface area contributed by atoms with Gasteiger partial charge in [-0.25, -0.2) is 4.98 Å². The summed E-state index contributed by atoms with van der Waals surface area (Å²) in [6.45, 7) is 3.20. The molecule has 1 aromatic rings. The van der Waals surface area contributed by atoms with Gasteiger partial charge in [-0.3, -0.25) is 9.59 Å². The lowest BCUT2D eigenvalue weighted by Crippen LogP contribution is -2.39. The molecule has 2 aliphatic heterocycles. The van der Waals surface area contributed by atoms with Crippen molar-refractivity contribution in [2.24, 2.45) is 5.92 Å². The van der Waals surface area contributed by atoms with Gasteiger partial charge in [0.15, 0.2) is 0 Å². The monoisotopic (exact) mass is 273 g/mol. The van der Waals surface area contributed by atoms with Gasteiger partial charge in [-0.05, 0) is 37.8 Å². The molecule has 0 bridgehead atoms. The predicted molar refractivity (Wildman–Crippen MR) is 74.1 cm³/mol. The summed E-state index contributed by atoms with van der Waals surface area (Å²) in [6.07, 6.45) is 2.53. The van der Waals surface area contributed by atoms with E-state index in [9.17, 15) is 9.59 Å². The number of amides is 2. The van der Waals surface area contributed by atoms with Crippen LogP contribution in [0, 0.1) is 12.8 Å². The Balaban J connectivity index is 1.73. The Morgan fingerprint density at radius 2 is 2.25 bits per heavy atom. The van der Waals surface area contributed by atoms with Crippen LogP contribution in [0.3, 0.4) is 0 Å². The summed E-state index contributed by atoms with van der Waals surface area (Å²) in [7, 11) is 0. The lowest BCUT2D eigenvalue weighted by molar-refractivity contribution is -0.121. The van der Waals surface area contributed by atoms with E-state index in [0.29, 0.717) is 24.6 Å². The molecule has 0 unspecified atom stereocenters. The average molecular weight is 273 g/mol. The van der Waals surface area contributed by atoms with E-state index in [1.807, 2.05) is 24.0 Å². The molecule has 1 N–H and O–H groups in total. The molecule has 3 rings (SSSR count). The van der Waals surface area contributed by atoms with Crippen LogP contribution in [0.1, 0.15) is 35.4 Å². The Morgan fingerprint density at radius 3 is 3.05 bits per heavy atom. The summed E-state index contributed by atoms with van der Waals surface area (Å²) in [5.74, 6) is 0.465. The molecule has 0 aromatic carbocycles. The zero-order valence-corrected chi connectivity index (χ0v) is 11.6. The van der Waals surface area contributed by atoms with Gasteiger partial charge < -0.3 is 10.2 Å². The topological polar surface area (TPSA) is 62.3 Å². The van der Waals surface area contributed by atoms with Crippen molar-refractivity contribution in [2.75, 3.05) is 13.1 Å². The molecule has 2 saturated heterocycles. The fourth-order valence-corrected chi connectivity index (χ4v) is 3.12. The number of fused-ring (bicyclic) bond motifs is 1. The minimum atomic E-state index is -0.0315. The van der Waals surface area contributed by atoms with E-state index >= 15 is 0 Å². The summed E-state index contributed by atoms with van der Waals surface area (Å²) in [6, 6.07) is 5.59. The first-order valence-electron chi connectivity index (χ1n) is 7.16. The third kappa shape index (κ3) is 2.53. The van der Waals surface area contributed by atoms with Gasteiger partial charge in [0.05, 0.1) is 6.04 Å². The summed E-state index contributed by atoms with van der Waals surface area (Å²) in [5, 5.41) is 3.04. The van der Waals surface area contributed by atoms with Crippen LogP contribution in [-0.2, 0) is 4.79 Å². The summed E-state index contributed by atoms with van der Waals surface area (Å²) in [5.41, 5.74) is 1.34. The van der Waals surface area contributed by atoms with Crippen molar-refractivity contribution in [1.29, 1.82) is 0 Å². The molecule has 5 nitrogen and oxygen atoms in total. The number of rotatable bonds is 1. The summed E-state index contributed by atoms with van der Waals surface area (Å²) >= 11 is 0. The highest BCUT2D eigenvalue weighted by atomic mass is 16.2. The van der Waals surface area contributed by atoms with Crippen LogP contribution in [0.4, 0.5) is 0 Å². The molecule has 0 aliphatic carbocycles. The Kier molecular flexibility index (Phi) is 3.42. The fourth-order valence-electron chi connectivity index (χ4n) is 3.12. The zero-order valence-electron chi connectivity index (χ0n) is 11.6. The molecule has 106 valence electrons. The van der Waals surface area contributed by atoms with E-state index in [4.69, 9.17) is 0 Å². The van der Waals surface area contributed by atoms with E-state index in [0.717, 1.165) is 25.1 Å². The van der Waals surface area contributed by atoms with Crippen LogP contribution in [-0.4, -0.2) is 40.8 Å². The largest absolute Gasteiger partial charge is 0.351 e. The van der Waals surface area contributed by atoms with Crippen molar-refractivity contribution < 1.29 is 9.59 Å². The number of nitrogens with zero attached hydrogens (tertiary/aromatic N) is 2. The highest BCUT2D eigenvalue weighted by Crippen LogP contribution is 2.26. The van der Waals surface area contributed by atoms with Gasteiger partial charge in [0.2, 0.25) is 5.91 Å². The van der Waals surface area contributed by atoms with E-state index in [-0.39, 0.29) is 17.9 Å². The second-order valence-corrected chi connectivity index (χ2v) is 5.70. The second-order valence-electron chi connectivity index (χ2n) is 5.70. The number of nitrogens with one attached hydrogen (secondary N) is 1. The van der Waals surface area contributed by atoms with Gasteiger partial charge in [0, 0.05) is 25.2 Å². The number of carbonyl (C=O) groups excluding carboxylic acids is 2. The van der Waals surface area contributed by atoms with E-state index in [1.165, 1.54) is 0 Å². The summed E-state index contributed by atoms with van der Waals surface area (Å²) in [4.78, 5) is 30.2. The normalized spacial score (nSPS) is 25.9. The standard InChI is InChI=1S/C15H19N3O2/c1-10-4-2-6-12(16-10)15(20)18-8-11-5-3-7-14(19)17-13(11)9-18/h2,4,6,11,13H,3,5,7-9H2,1H3,(H,17,19)/t11-,13+/m1/s1.